The maximum Gasteiger partial charge on any atom is 0.387 e. The Hall–Kier alpha value is -1.89. The second-order valence-corrected chi connectivity index (χ2v) is 7.50. The van der Waals surface area contributed by atoms with Gasteiger partial charge in [-0.2, -0.15) is 8.78 Å². The molecule has 7 heteroatoms. The van der Waals surface area contributed by atoms with Gasteiger partial charge < -0.3 is 15.0 Å². The molecule has 0 atom stereocenters. The van der Waals surface area contributed by atoms with Crippen LogP contribution in [0.5, 0.6) is 5.75 Å². The fourth-order valence-electron chi connectivity index (χ4n) is 3.05. The average Bonchev–Trinajstić information content (AvgIpc) is 2.82. The van der Waals surface area contributed by atoms with Crippen LogP contribution in [0.25, 0.3) is 0 Å². The van der Waals surface area contributed by atoms with Crippen LogP contribution in [0.15, 0.2) is 24.3 Å². The minimum Gasteiger partial charge on any atom is -0.435 e. The molecule has 0 radical (unpaired) electrons. The van der Waals surface area contributed by atoms with E-state index >= 15 is 0 Å². The maximum atomic E-state index is 12.4. The van der Waals surface area contributed by atoms with Crippen molar-refractivity contribution in [3.8, 4) is 5.75 Å². The smallest absolute Gasteiger partial charge is 0.387 e. The van der Waals surface area contributed by atoms with Gasteiger partial charge in [-0.25, -0.2) is 4.79 Å². The number of benzene rings is 1. The topological polar surface area (TPSA) is 44.8 Å². The van der Waals surface area contributed by atoms with E-state index in [0.29, 0.717) is 13.0 Å². The second kappa shape index (κ2) is 9.16. The molecular formula is C19H29F2N3O2. The summed E-state index contributed by atoms with van der Waals surface area (Å²) in [5.41, 5.74) is 1.08. The second-order valence-electron chi connectivity index (χ2n) is 7.50. The molecule has 0 unspecified atom stereocenters. The lowest BCUT2D eigenvalue weighted by Gasteiger charge is -2.34. The van der Waals surface area contributed by atoms with Crippen molar-refractivity contribution in [3.05, 3.63) is 29.8 Å². The number of ether oxygens (including phenoxy) is 1. The quantitative estimate of drug-likeness (QED) is 0.866. The Labute approximate surface area is 154 Å². The van der Waals surface area contributed by atoms with E-state index in [9.17, 15) is 13.6 Å². The van der Waals surface area contributed by atoms with Gasteiger partial charge in [-0.15, -0.1) is 0 Å². The molecule has 1 N–H and O–H groups in total. The first-order chi connectivity index (χ1) is 12.3. The van der Waals surface area contributed by atoms with Crippen LogP contribution in [0.1, 0.15) is 32.8 Å². The normalized spacial score (nSPS) is 16.5. The molecule has 0 aromatic heterocycles. The van der Waals surface area contributed by atoms with Gasteiger partial charge in [-0.1, -0.05) is 12.1 Å². The van der Waals surface area contributed by atoms with Crippen LogP contribution in [0, 0.1) is 0 Å². The molecule has 5 nitrogen and oxygen atoms in total. The zero-order chi connectivity index (χ0) is 19.2. The Bertz CT molecular complexity index is 573. The minimum atomic E-state index is -2.82. The SMILES string of the molecule is CC(C)(C)N1CCCN(C(=O)NCCc2ccc(OC(F)F)cc2)CC1. The predicted molar refractivity (Wildman–Crippen MR) is 97.7 cm³/mol. The van der Waals surface area contributed by atoms with E-state index in [2.05, 4.69) is 35.7 Å². The van der Waals surface area contributed by atoms with E-state index in [-0.39, 0.29) is 17.3 Å². The Kier molecular flexibility index (Phi) is 7.20. The van der Waals surface area contributed by atoms with Crippen molar-refractivity contribution >= 4 is 6.03 Å². The van der Waals surface area contributed by atoms with Gasteiger partial charge in [0.1, 0.15) is 5.75 Å². The fourth-order valence-corrected chi connectivity index (χ4v) is 3.05. The number of halogens is 2. The Morgan fingerprint density at radius 3 is 2.46 bits per heavy atom. The molecule has 1 aromatic rings. The van der Waals surface area contributed by atoms with E-state index in [1.54, 1.807) is 12.1 Å². The van der Waals surface area contributed by atoms with Gasteiger partial charge >= 0.3 is 12.6 Å². The van der Waals surface area contributed by atoms with E-state index < -0.39 is 6.61 Å². The van der Waals surface area contributed by atoms with E-state index in [4.69, 9.17) is 0 Å². The highest BCUT2D eigenvalue weighted by molar-refractivity contribution is 5.74. The summed E-state index contributed by atoms with van der Waals surface area (Å²) in [7, 11) is 0. The zero-order valence-corrected chi connectivity index (χ0v) is 15.8. The summed E-state index contributed by atoms with van der Waals surface area (Å²) in [5, 5.41) is 2.95. The number of alkyl halides is 2. The van der Waals surface area contributed by atoms with Gasteiger partial charge in [0.05, 0.1) is 0 Å². The average molecular weight is 369 g/mol. The molecule has 1 fully saturated rings. The lowest BCUT2D eigenvalue weighted by Crippen LogP contribution is -2.45. The van der Waals surface area contributed by atoms with Crippen LogP contribution in [0.4, 0.5) is 13.6 Å². The van der Waals surface area contributed by atoms with Crippen LogP contribution in [-0.4, -0.2) is 60.7 Å². The molecule has 26 heavy (non-hydrogen) atoms. The first kappa shape index (κ1) is 20.4. The number of hydrogen-bond donors (Lipinski definition) is 1. The van der Waals surface area contributed by atoms with Crippen molar-refractivity contribution in [3.63, 3.8) is 0 Å². The third-order valence-corrected chi connectivity index (χ3v) is 4.57. The van der Waals surface area contributed by atoms with Crippen LogP contribution in [-0.2, 0) is 6.42 Å². The monoisotopic (exact) mass is 369 g/mol. The van der Waals surface area contributed by atoms with E-state index in [0.717, 1.165) is 38.2 Å². The van der Waals surface area contributed by atoms with Crippen molar-refractivity contribution in [2.75, 3.05) is 32.7 Å². The number of urea groups is 1. The highest BCUT2D eigenvalue weighted by Crippen LogP contribution is 2.16. The van der Waals surface area contributed by atoms with Crippen LogP contribution >= 0.6 is 0 Å². The number of rotatable bonds is 5. The molecular weight excluding hydrogens is 340 g/mol. The molecule has 0 spiro atoms. The molecule has 0 aliphatic carbocycles. The third-order valence-electron chi connectivity index (χ3n) is 4.57. The summed E-state index contributed by atoms with van der Waals surface area (Å²) in [4.78, 5) is 16.6. The summed E-state index contributed by atoms with van der Waals surface area (Å²) < 4.78 is 28.6. The lowest BCUT2D eigenvalue weighted by atomic mass is 10.1. The fraction of sp³-hybridized carbons (Fsp3) is 0.632. The number of carbonyl (C=O) groups is 1. The van der Waals surface area contributed by atoms with Gasteiger partial charge in [-0.3, -0.25) is 4.90 Å². The van der Waals surface area contributed by atoms with Crippen LogP contribution < -0.4 is 10.1 Å². The largest absolute Gasteiger partial charge is 0.435 e. The first-order valence-electron chi connectivity index (χ1n) is 9.07. The third kappa shape index (κ3) is 6.44. The van der Waals surface area contributed by atoms with Crippen molar-refractivity contribution in [2.24, 2.45) is 0 Å². The summed E-state index contributed by atoms with van der Waals surface area (Å²) >= 11 is 0. The molecule has 2 rings (SSSR count). The summed E-state index contributed by atoms with van der Waals surface area (Å²) in [6.07, 6.45) is 1.61. The predicted octanol–water partition coefficient (Wildman–Crippen LogP) is 3.35. The molecule has 1 heterocycles. The molecule has 1 aromatic carbocycles. The number of hydrogen-bond acceptors (Lipinski definition) is 3. The molecule has 146 valence electrons. The minimum absolute atomic E-state index is 0.0431. The van der Waals surface area contributed by atoms with Crippen molar-refractivity contribution in [2.45, 2.75) is 45.8 Å². The zero-order valence-electron chi connectivity index (χ0n) is 15.8. The van der Waals surface area contributed by atoms with Crippen LogP contribution in [0.3, 0.4) is 0 Å². The lowest BCUT2D eigenvalue weighted by molar-refractivity contribution is -0.0498. The number of nitrogens with one attached hydrogen (secondary N) is 1. The van der Waals surface area contributed by atoms with Gasteiger partial charge in [0, 0.05) is 38.3 Å². The van der Waals surface area contributed by atoms with Crippen molar-refractivity contribution < 1.29 is 18.3 Å². The number of carbonyl (C=O) groups excluding carboxylic acids is 1. The van der Waals surface area contributed by atoms with Gasteiger partial charge in [0.25, 0.3) is 0 Å². The number of nitrogens with zero attached hydrogens (tertiary/aromatic N) is 2. The Morgan fingerprint density at radius 2 is 1.85 bits per heavy atom. The first-order valence-corrected chi connectivity index (χ1v) is 9.07. The van der Waals surface area contributed by atoms with Gasteiger partial charge in [0.2, 0.25) is 0 Å². The van der Waals surface area contributed by atoms with Gasteiger partial charge in [-0.05, 0) is 51.3 Å². The van der Waals surface area contributed by atoms with E-state index in [1.165, 1.54) is 12.1 Å². The molecule has 1 saturated heterocycles. The summed E-state index contributed by atoms with van der Waals surface area (Å²) in [6, 6.07) is 6.45. The molecule has 0 saturated carbocycles. The highest BCUT2D eigenvalue weighted by atomic mass is 19.3. The van der Waals surface area contributed by atoms with Crippen molar-refractivity contribution in [1.29, 1.82) is 0 Å². The van der Waals surface area contributed by atoms with Gasteiger partial charge in [0.15, 0.2) is 0 Å². The molecule has 0 bridgehead atoms. The van der Waals surface area contributed by atoms with Crippen LogP contribution in [0.2, 0.25) is 0 Å². The van der Waals surface area contributed by atoms with E-state index in [1.807, 2.05) is 4.90 Å². The summed E-state index contributed by atoms with van der Waals surface area (Å²) in [6.45, 7) is 7.64. The number of amides is 2. The summed E-state index contributed by atoms with van der Waals surface area (Å²) in [5.74, 6) is 0.140. The molecule has 2 amide bonds. The Morgan fingerprint density at radius 1 is 1.15 bits per heavy atom. The molecule has 1 aliphatic heterocycles. The molecule has 1 aliphatic rings. The Balaban J connectivity index is 1.74. The standard InChI is InChI=1S/C19H29F2N3O2/c1-19(2,3)24-12-4-11-23(13-14-24)18(25)22-10-9-15-5-7-16(8-6-15)26-17(20)21/h5-8,17H,4,9-14H2,1-3H3,(H,22,25). The maximum absolute atomic E-state index is 12.4. The highest BCUT2D eigenvalue weighted by Gasteiger charge is 2.25. The van der Waals surface area contributed by atoms with Crippen molar-refractivity contribution in [1.82, 2.24) is 15.1 Å².